The molecule has 0 bridgehead atoms. The van der Waals surface area contributed by atoms with E-state index in [2.05, 4.69) is 37.4 Å². The Labute approximate surface area is 186 Å². The second kappa shape index (κ2) is 8.20. The van der Waals surface area contributed by atoms with E-state index in [0.29, 0.717) is 38.5 Å². The number of aromatic nitrogens is 5. The van der Waals surface area contributed by atoms with Gasteiger partial charge in [-0.25, -0.2) is 9.37 Å². The molecule has 0 unspecified atom stereocenters. The maximum absolute atomic E-state index is 15.1. The summed E-state index contributed by atoms with van der Waals surface area (Å²) in [5, 5.41) is 13.2. The van der Waals surface area contributed by atoms with Gasteiger partial charge in [-0.05, 0) is 20.1 Å². The minimum atomic E-state index is -0.585. The molecule has 0 saturated heterocycles. The van der Waals surface area contributed by atoms with Gasteiger partial charge in [0.25, 0.3) is 5.91 Å². The van der Waals surface area contributed by atoms with Crippen molar-refractivity contribution in [1.82, 2.24) is 24.6 Å². The highest BCUT2D eigenvalue weighted by Gasteiger charge is 2.23. The quantitative estimate of drug-likeness (QED) is 0.361. The largest absolute Gasteiger partial charge is 0.379 e. The number of imidazole rings is 1. The molecule has 8 nitrogen and oxygen atoms in total. The Kier molecular flexibility index (Phi) is 5.59. The topological polar surface area (TPSA) is 100 Å². The van der Waals surface area contributed by atoms with E-state index in [0.717, 1.165) is 0 Å². The lowest BCUT2D eigenvalue weighted by molar-refractivity contribution is -0.112. The molecule has 3 aromatic heterocycles. The summed E-state index contributed by atoms with van der Waals surface area (Å²) in [6, 6.07) is -0.000776. The van der Waals surface area contributed by atoms with E-state index < -0.39 is 5.82 Å². The number of carbonyl (C=O) groups is 1. The van der Waals surface area contributed by atoms with Gasteiger partial charge in [-0.15, -0.1) is 11.8 Å². The summed E-state index contributed by atoms with van der Waals surface area (Å²) in [5.41, 5.74) is 2.12. The van der Waals surface area contributed by atoms with E-state index in [-0.39, 0.29) is 22.7 Å². The van der Waals surface area contributed by atoms with Gasteiger partial charge in [0.05, 0.1) is 45.4 Å². The van der Waals surface area contributed by atoms with E-state index in [1.165, 1.54) is 18.0 Å². The number of amides is 1. The van der Waals surface area contributed by atoms with Gasteiger partial charge >= 0.3 is 0 Å². The molecule has 0 aliphatic carbocycles. The number of anilines is 2. The average molecular weight is 460 g/mol. The summed E-state index contributed by atoms with van der Waals surface area (Å²) in [4.78, 5) is 21.2. The molecule has 1 amide bonds. The third-order valence-corrected chi connectivity index (χ3v) is 5.60. The van der Waals surface area contributed by atoms with E-state index >= 15 is 4.39 Å². The van der Waals surface area contributed by atoms with Crippen LogP contribution in [-0.4, -0.2) is 42.8 Å². The minimum Gasteiger partial charge on any atom is -0.379 e. The highest BCUT2D eigenvalue weighted by Crippen LogP contribution is 2.40. The number of hydrogen-bond acceptors (Lipinski definition) is 6. The maximum atomic E-state index is 15.1. The molecule has 11 heteroatoms. The van der Waals surface area contributed by atoms with E-state index in [9.17, 15) is 4.79 Å². The zero-order chi connectivity index (χ0) is 22.3. The first kappa shape index (κ1) is 21.1. The van der Waals surface area contributed by atoms with Crippen LogP contribution in [0, 0.1) is 5.82 Å². The van der Waals surface area contributed by atoms with Gasteiger partial charge in [-0.1, -0.05) is 18.2 Å². The molecule has 0 aliphatic rings. The molecular weight excluding hydrogens is 441 g/mol. The third-order valence-electron chi connectivity index (χ3n) is 4.56. The number of thioether (sulfide) groups is 1. The lowest BCUT2D eigenvalue weighted by atomic mass is 10.1. The summed E-state index contributed by atoms with van der Waals surface area (Å²) in [6.45, 7) is 7.49. The number of fused-ring (bicyclic) bond motifs is 2. The van der Waals surface area contributed by atoms with Crippen LogP contribution >= 0.6 is 23.4 Å². The van der Waals surface area contributed by atoms with Gasteiger partial charge in [0.1, 0.15) is 0 Å². The maximum Gasteiger partial charge on any atom is 0.262 e. The van der Waals surface area contributed by atoms with Crippen molar-refractivity contribution < 1.29 is 9.18 Å². The molecule has 0 saturated carbocycles. The van der Waals surface area contributed by atoms with E-state index in [1.807, 2.05) is 13.8 Å². The average Bonchev–Trinajstić information content (AvgIpc) is 3.36. The predicted octanol–water partition coefficient (Wildman–Crippen LogP) is 4.70. The molecule has 160 valence electrons. The fourth-order valence-electron chi connectivity index (χ4n) is 3.16. The number of carbonyl (C=O) groups excluding carboxylic acids is 1. The van der Waals surface area contributed by atoms with Crippen molar-refractivity contribution in [1.29, 1.82) is 0 Å². The molecule has 0 atom stereocenters. The SMILES string of the molecule is C=C(SC)C(=O)Nc1cn2cc(-c3c(Cl)c(F)c(NC(C)C)c4[nH]ncc34)ncc2n1. The zero-order valence-corrected chi connectivity index (χ0v) is 18.5. The van der Waals surface area contributed by atoms with Crippen molar-refractivity contribution in [2.45, 2.75) is 19.9 Å². The van der Waals surface area contributed by atoms with Crippen molar-refractivity contribution in [2.75, 3.05) is 16.9 Å². The molecule has 0 aliphatic heterocycles. The second-order valence-corrected chi connectivity index (χ2v) is 8.36. The summed E-state index contributed by atoms with van der Waals surface area (Å²) < 4.78 is 16.8. The highest BCUT2D eigenvalue weighted by atomic mass is 35.5. The molecule has 3 heterocycles. The van der Waals surface area contributed by atoms with Crippen molar-refractivity contribution in [2.24, 2.45) is 0 Å². The lowest BCUT2D eigenvalue weighted by Crippen LogP contribution is -2.12. The van der Waals surface area contributed by atoms with Gasteiger partial charge < -0.3 is 15.0 Å². The molecule has 0 radical (unpaired) electrons. The molecule has 31 heavy (non-hydrogen) atoms. The molecule has 0 fully saturated rings. The van der Waals surface area contributed by atoms with Crippen LogP contribution < -0.4 is 10.6 Å². The van der Waals surface area contributed by atoms with Crippen LogP contribution in [0.25, 0.3) is 27.8 Å². The van der Waals surface area contributed by atoms with E-state index in [1.54, 1.807) is 29.2 Å². The molecular formula is C20H19ClFN7OS. The van der Waals surface area contributed by atoms with E-state index in [4.69, 9.17) is 11.6 Å². The molecule has 1 aromatic carbocycles. The Morgan fingerprint density at radius 3 is 2.84 bits per heavy atom. The normalized spacial score (nSPS) is 11.4. The molecule has 4 rings (SSSR count). The number of nitrogens with one attached hydrogen (secondary N) is 3. The fourth-order valence-corrected chi connectivity index (χ4v) is 3.69. The second-order valence-electron chi connectivity index (χ2n) is 7.08. The number of rotatable bonds is 6. The first-order chi connectivity index (χ1) is 14.8. The van der Waals surface area contributed by atoms with Crippen molar-refractivity contribution in [3.63, 3.8) is 0 Å². The summed E-state index contributed by atoms with van der Waals surface area (Å²) in [6.07, 6.45) is 8.18. The van der Waals surface area contributed by atoms with Gasteiger partial charge in [-0.3, -0.25) is 14.9 Å². The van der Waals surface area contributed by atoms with Crippen molar-refractivity contribution in [3.8, 4) is 11.3 Å². The summed E-state index contributed by atoms with van der Waals surface area (Å²) in [7, 11) is 0. The van der Waals surface area contributed by atoms with Crippen LogP contribution in [0.1, 0.15) is 13.8 Å². The Morgan fingerprint density at radius 2 is 2.13 bits per heavy atom. The Morgan fingerprint density at radius 1 is 1.35 bits per heavy atom. The van der Waals surface area contributed by atoms with Crippen molar-refractivity contribution in [3.05, 3.63) is 47.1 Å². The van der Waals surface area contributed by atoms with Gasteiger partial charge in [0.15, 0.2) is 17.3 Å². The Hall–Kier alpha value is -3.11. The first-order valence-corrected chi connectivity index (χ1v) is 10.9. The minimum absolute atomic E-state index is 0.000776. The number of nitrogens with zero attached hydrogens (tertiary/aromatic N) is 4. The first-order valence-electron chi connectivity index (χ1n) is 9.30. The monoisotopic (exact) mass is 459 g/mol. The predicted molar refractivity (Wildman–Crippen MR) is 123 cm³/mol. The summed E-state index contributed by atoms with van der Waals surface area (Å²) in [5.74, 6) is -0.568. The van der Waals surface area contributed by atoms with Crippen molar-refractivity contribution >= 4 is 57.3 Å². The number of H-pyrrole nitrogens is 1. The molecule has 3 N–H and O–H groups in total. The van der Waals surface area contributed by atoms with Crippen LogP contribution in [0.15, 0.2) is 36.3 Å². The van der Waals surface area contributed by atoms with Gasteiger partial charge in [0, 0.05) is 23.2 Å². The number of halogens is 2. The Balaban J connectivity index is 1.80. The number of hydrogen-bond donors (Lipinski definition) is 3. The lowest BCUT2D eigenvalue weighted by Gasteiger charge is -2.15. The van der Waals surface area contributed by atoms with Crippen LogP contribution in [0.3, 0.4) is 0 Å². The highest BCUT2D eigenvalue weighted by molar-refractivity contribution is 8.03. The molecule has 4 aromatic rings. The van der Waals surface area contributed by atoms with Crippen LogP contribution in [0.4, 0.5) is 15.9 Å². The standard InChI is InChI=1S/C20H19ClFN7OS/c1-9(2)25-19-17(22)16(21)15(11-5-24-28-18(11)19)12-7-29-8-13(26-14(29)6-23-12)27-20(30)10(3)31-4/h5-9,25H,3H2,1-2,4H3,(H,24,28)(H,27,30). The third kappa shape index (κ3) is 3.84. The van der Waals surface area contributed by atoms with Crippen LogP contribution in [-0.2, 0) is 4.79 Å². The number of benzene rings is 1. The Bertz CT molecular complexity index is 1330. The number of aromatic amines is 1. The smallest absolute Gasteiger partial charge is 0.262 e. The summed E-state index contributed by atoms with van der Waals surface area (Å²) >= 11 is 7.69. The van der Waals surface area contributed by atoms with Gasteiger partial charge in [-0.2, -0.15) is 5.10 Å². The van der Waals surface area contributed by atoms with Gasteiger partial charge in [0.2, 0.25) is 0 Å². The zero-order valence-electron chi connectivity index (χ0n) is 17.0. The molecule has 0 spiro atoms. The fraction of sp³-hybridized carbons (Fsp3) is 0.200. The van der Waals surface area contributed by atoms with Crippen LogP contribution in [0.2, 0.25) is 5.02 Å². The van der Waals surface area contributed by atoms with Crippen LogP contribution in [0.5, 0.6) is 0 Å².